The van der Waals surface area contributed by atoms with E-state index in [2.05, 4.69) is 32.8 Å². The first-order valence-corrected chi connectivity index (χ1v) is 12.9. The molecular formula is C32H30N4O2. The van der Waals surface area contributed by atoms with Gasteiger partial charge in [-0.1, -0.05) is 54.6 Å². The summed E-state index contributed by atoms with van der Waals surface area (Å²) in [6.07, 6.45) is 9.24. The molecule has 2 aliphatic rings. The first-order chi connectivity index (χ1) is 18.6. The Hall–Kier alpha value is -4.58. The van der Waals surface area contributed by atoms with Gasteiger partial charge in [0.15, 0.2) is 5.78 Å². The number of benzene rings is 3. The topological polar surface area (TPSA) is 82.9 Å². The quantitative estimate of drug-likeness (QED) is 0.400. The fourth-order valence-corrected chi connectivity index (χ4v) is 4.42. The number of nitrogens with zero attached hydrogens (tertiary/aromatic N) is 2. The summed E-state index contributed by atoms with van der Waals surface area (Å²) in [6.45, 7) is 2.57. The maximum atomic E-state index is 12.4. The highest BCUT2D eigenvalue weighted by molar-refractivity contribution is 6.03. The van der Waals surface area contributed by atoms with Crippen LogP contribution in [0.1, 0.15) is 40.7 Å². The zero-order valence-electron chi connectivity index (χ0n) is 21.2. The minimum absolute atomic E-state index is 0.0529. The summed E-state index contributed by atoms with van der Waals surface area (Å²) in [5.41, 5.74) is 6.88. The molecule has 6 heteroatoms. The number of ketones is 1. The summed E-state index contributed by atoms with van der Waals surface area (Å²) in [7, 11) is 0. The number of hydrogen-bond acceptors (Lipinski definition) is 5. The molecule has 0 aliphatic carbocycles. The molecule has 2 N–H and O–H groups in total. The molecule has 3 aromatic rings. The summed E-state index contributed by atoms with van der Waals surface area (Å²) >= 11 is 0. The first kappa shape index (κ1) is 25.1. The lowest BCUT2D eigenvalue weighted by Gasteiger charge is -2.05. The Bertz CT molecular complexity index is 1300. The highest BCUT2D eigenvalue weighted by atomic mass is 16.1. The second-order valence-corrected chi connectivity index (χ2v) is 9.33. The molecule has 0 saturated carbocycles. The van der Waals surface area contributed by atoms with Gasteiger partial charge in [-0.2, -0.15) is 0 Å². The lowest BCUT2D eigenvalue weighted by molar-refractivity contribution is -0.114. The molecule has 0 atom stereocenters. The lowest BCUT2D eigenvalue weighted by Crippen LogP contribution is -2.19. The molecular weight excluding hydrogens is 472 g/mol. The van der Waals surface area contributed by atoms with Gasteiger partial charge in [-0.05, 0) is 71.5 Å². The fraction of sp³-hybridized carbons (Fsp3) is 0.188. The lowest BCUT2D eigenvalue weighted by atomic mass is 10.0. The van der Waals surface area contributed by atoms with E-state index in [1.54, 1.807) is 12.2 Å². The third kappa shape index (κ3) is 6.79. The molecule has 190 valence electrons. The van der Waals surface area contributed by atoms with Crippen molar-refractivity contribution in [3.63, 3.8) is 0 Å². The third-order valence-corrected chi connectivity index (χ3v) is 6.47. The molecule has 1 amide bonds. The number of rotatable bonds is 9. The molecule has 2 aliphatic heterocycles. The normalized spacial score (nSPS) is 14.9. The van der Waals surface area contributed by atoms with Crippen LogP contribution >= 0.6 is 0 Å². The van der Waals surface area contributed by atoms with Gasteiger partial charge in [0, 0.05) is 42.5 Å². The molecule has 0 saturated heterocycles. The Morgan fingerprint density at radius 3 is 2.11 bits per heavy atom. The van der Waals surface area contributed by atoms with Crippen molar-refractivity contribution in [2.45, 2.75) is 19.3 Å². The van der Waals surface area contributed by atoms with Crippen LogP contribution < -0.4 is 10.6 Å². The van der Waals surface area contributed by atoms with Gasteiger partial charge in [-0.25, -0.2) is 0 Å². The van der Waals surface area contributed by atoms with Crippen molar-refractivity contribution in [2.75, 3.05) is 25.0 Å². The van der Waals surface area contributed by atoms with E-state index in [4.69, 9.17) is 0 Å². The number of nitrogens with one attached hydrogen (secondary N) is 2. The molecule has 5 rings (SSSR count). The Labute approximate surface area is 222 Å². The van der Waals surface area contributed by atoms with E-state index >= 15 is 0 Å². The highest BCUT2D eigenvalue weighted by Gasteiger charge is 2.09. The zero-order chi connectivity index (χ0) is 26.2. The fourth-order valence-electron chi connectivity index (χ4n) is 4.42. The van der Waals surface area contributed by atoms with E-state index in [1.165, 1.54) is 11.8 Å². The maximum absolute atomic E-state index is 12.4. The number of amides is 1. The van der Waals surface area contributed by atoms with Crippen LogP contribution in [0.15, 0.2) is 94.9 Å². The van der Waals surface area contributed by atoms with Gasteiger partial charge in [-0.15, -0.1) is 0 Å². The molecule has 0 fully saturated rings. The molecule has 6 nitrogen and oxygen atoms in total. The smallest absolute Gasteiger partial charge is 0.248 e. The maximum Gasteiger partial charge on any atom is 0.248 e. The second-order valence-electron chi connectivity index (χ2n) is 9.33. The predicted octanol–water partition coefficient (Wildman–Crippen LogP) is 5.10. The summed E-state index contributed by atoms with van der Waals surface area (Å²) in [6, 6.07) is 23.5. The number of anilines is 1. The monoisotopic (exact) mass is 502 g/mol. The Morgan fingerprint density at radius 1 is 0.789 bits per heavy atom. The van der Waals surface area contributed by atoms with Crippen LogP contribution in [0.2, 0.25) is 0 Å². The average molecular weight is 503 g/mol. The van der Waals surface area contributed by atoms with Gasteiger partial charge < -0.3 is 10.6 Å². The van der Waals surface area contributed by atoms with Crippen molar-refractivity contribution in [1.82, 2.24) is 5.32 Å². The molecule has 2 heterocycles. The van der Waals surface area contributed by atoms with Crippen molar-refractivity contribution in [3.05, 3.63) is 113 Å². The Morgan fingerprint density at radius 2 is 1.47 bits per heavy atom. The molecule has 0 bridgehead atoms. The number of carbonyl (C=O) groups excluding carboxylic acids is 2. The van der Waals surface area contributed by atoms with Crippen molar-refractivity contribution >= 4 is 41.1 Å². The first-order valence-electron chi connectivity index (χ1n) is 12.9. The van der Waals surface area contributed by atoms with Crippen LogP contribution in [0.4, 0.5) is 5.69 Å². The van der Waals surface area contributed by atoms with E-state index in [0.29, 0.717) is 6.42 Å². The highest BCUT2D eigenvalue weighted by Crippen LogP contribution is 2.15. The van der Waals surface area contributed by atoms with Crippen LogP contribution in [0.3, 0.4) is 0 Å². The molecule has 0 aromatic heterocycles. The molecule has 38 heavy (non-hydrogen) atoms. The van der Waals surface area contributed by atoms with E-state index in [0.717, 1.165) is 71.8 Å². The molecule has 3 aromatic carbocycles. The number of hydrogen-bond donors (Lipinski definition) is 2. The standard InChI is InChI=1S/C32H30N4O2/c37-29(22-25-7-11-26(12-8-25)30-2-1-19-33-30)17-9-23-3-5-24(6-4-23)10-18-31(38)36-28-15-13-27(14-16-28)32-34-20-21-35-32/h3-18H,1-2,19-22H2,(H,34,35)(H,36,38). The molecule has 0 spiro atoms. The minimum atomic E-state index is -0.201. The van der Waals surface area contributed by atoms with E-state index in [9.17, 15) is 9.59 Å². The van der Waals surface area contributed by atoms with Crippen LogP contribution in [0, 0.1) is 0 Å². The SMILES string of the molecule is O=C(C=Cc1ccc(C=CC(=O)Nc2ccc(C3=NCCN3)cc2)cc1)Cc1ccc(C2=NCCC2)cc1. The van der Waals surface area contributed by atoms with E-state index in [1.807, 2.05) is 66.7 Å². The van der Waals surface area contributed by atoms with E-state index in [-0.39, 0.29) is 11.7 Å². The minimum Gasteiger partial charge on any atom is -0.368 e. The Balaban J connectivity index is 1.09. The molecule has 0 radical (unpaired) electrons. The van der Waals surface area contributed by atoms with Gasteiger partial charge in [0.2, 0.25) is 5.91 Å². The van der Waals surface area contributed by atoms with Crippen molar-refractivity contribution in [1.29, 1.82) is 0 Å². The van der Waals surface area contributed by atoms with Crippen molar-refractivity contribution < 1.29 is 9.59 Å². The number of amidine groups is 1. The number of allylic oxidation sites excluding steroid dienone is 1. The zero-order valence-corrected chi connectivity index (χ0v) is 21.2. The molecule has 0 unspecified atom stereocenters. The van der Waals surface area contributed by atoms with Crippen LogP contribution in [-0.4, -0.2) is 42.9 Å². The summed E-state index contributed by atoms with van der Waals surface area (Å²) in [4.78, 5) is 33.7. The van der Waals surface area contributed by atoms with Crippen LogP contribution in [0.5, 0.6) is 0 Å². The predicted molar refractivity (Wildman–Crippen MR) is 155 cm³/mol. The second kappa shape index (κ2) is 12.1. The number of aliphatic imine (C=N–C) groups is 2. The van der Waals surface area contributed by atoms with Gasteiger partial charge in [0.1, 0.15) is 5.84 Å². The largest absolute Gasteiger partial charge is 0.368 e. The summed E-state index contributed by atoms with van der Waals surface area (Å²) in [5.74, 6) is 0.746. The van der Waals surface area contributed by atoms with Gasteiger partial charge in [-0.3, -0.25) is 19.6 Å². The van der Waals surface area contributed by atoms with Crippen molar-refractivity contribution in [2.24, 2.45) is 9.98 Å². The van der Waals surface area contributed by atoms with Crippen molar-refractivity contribution in [3.8, 4) is 0 Å². The van der Waals surface area contributed by atoms with E-state index < -0.39 is 0 Å². The van der Waals surface area contributed by atoms with Crippen LogP contribution in [0.25, 0.3) is 12.2 Å². The van der Waals surface area contributed by atoms with Gasteiger partial charge in [0.05, 0.1) is 6.54 Å². The Kier molecular flexibility index (Phi) is 7.99. The van der Waals surface area contributed by atoms with Crippen LogP contribution in [-0.2, 0) is 16.0 Å². The summed E-state index contributed by atoms with van der Waals surface area (Å²) < 4.78 is 0. The van der Waals surface area contributed by atoms with Gasteiger partial charge >= 0.3 is 0 Å². The van der Waals surface area contributed by atoms with Gasteiger partial charge in [0.25, 0.3) is 0 Å². The number of carbonyl (C=O) groups is 2. The summed E-state index contributed by atoms with van der Waals surface area (Å²) in [5, 5.41) is 6.11. The third-order valence-electron chi connectivity index (χ3n) is 6.47. The average Bonchev–Trinajstić information content (AvgIpc) is 3.68.